The van der Waals surface area contributed by atoms with Crippen molar-refractivity contribution in [3.63, 3.8) is 0 Å². The van der Waals surface area contributed by atoms with Crippen molar-refractivity contribution in [3.05, 3.63) is 11.6 Å². The average molecular weight is 157 g/mol. The molecule has 0 aliphatic heterocycles. The van der Waals surface area contributed by atoms with Crippen molar-refractivity contribution in [2.75, 3.05) is 0 Å². The fourth-order valence-electron chi connectivity index (χ4n) is 1.07. The third kappa shape index (κ3) is 1.39. The second-order valence-corrected chi connectivity index (χ2v) is 2.74. The summed E-state index contributed by atoms with van der Waals surface area (Å²) in [5.74, 6) is -0.299. The van der Waals surface area contributed by atoms with Crippen molar-refractivity contribution >= 4 is 0 Å². The van der Waals surface area contributed by atoms with Crippen LogP contribution in [0.15, 0.2) is 0 Å². The van der Waals surface area contributed by atoms with E-state index in [1.54, 1.807) is 4.68 Å². The van der Waals surface area contributed by atoms with Crippen molar-refractivity contribution < 1.29 is 4.39 Å². The Bertz CT molecular complexity index is 242. The zero-order chi connectivity index (χ0) is 8.43. The summed E-state index contributed by atoms with van der Waals surface area (Å²) in [7, 11) is 0. The molecule has 0 fully saturated rings. The zero-order valence-corrected chi connectivity index (χ0v) is 7.00. The molecule has 1 heterocycles. The van der Waals surface area contributed by atoms with Gasteiger partial charge in [0, 0.05) is 6.54 Å². The Morgan fingerprint density at radius 1 is 1.55 bits per heavy atom. The molecule has 4 heteroatoms. The molecule has 3 nitrogen and oxygen atoms in total. The van der Waals surface area contributed by atoms with Crippen LogP contribution in [0.4, 0.5) is 4.39 Å². The number of aromatic nitrogens is 3. The number of halogens is 1. The molecule has 0 bridgehead atoms. The fourth-order valence-corrected chi connectivity index (χ4v) is 1.07. The Balaban J connectivity index is 3.07. The molecule has 0 atom stereocenters. The van der Waals surface area contributed by atoms with Crippen LogP contribution in [0.25, 0.3) is 0 Å². The lowest BCUT2D eigenvalue weighted by molar-refractivity contribution is 0.547. The van der Waals surface area contributed by atoms with Crippen LogP contribution in [0.1, 0.15) is 32.4 Å². The van der Waals surface area contributed by atoms with E-state index in [0.717, 1.165) is 0 Å². The van der Waals surface area contributed by atoms with Crippen LogP contribution in [0.2, 0.25) is 0 Å². The number of aryl methyl sites for hydroxylation is 1. The van der Waals surface area contributed by atoms with Gasteiger partial charge >= 0.3 is 0 Å². The van der Waals surface area contributed by atoms with Crippen molar-refractivity contribution in [3.8, 4) is 0 Å². The quantitative estimate of drug-likeness (QED) is 0.652. The standard InChI is InChI=1S/C7H12FN3/c1-4-11-6(5(2)3)7(8)9-10-11/h5H,4H2,1-3H3. The molecular weight excluding hydrogens is 145 g/mol. The van der Waals surface area contributed by atoms with Gasteiger partial charge in [0.15, 0.2) is 0 Å². The van der Waals surface area contributed by atoms with E-state index >= 15 is 0 Å². The summed E-state index contributed by atoms with van der Waals surface area (Å²) in [6.45, 7) is 6.44. The minimum atomic E-state index is -0.443. The SMILES string of the molecule is CCn1nnc(F)c1C(C)C. The summed E-state index contributed by atoms with van der Waals surface area (Å²) in [5.41, 5.74) is 0.590. The third-order valence-corrected chi connectivity index (χ3v) is 1.58. The van der Waals surface area contributed by atoms with E-state index in [1.807, 2.05) is 20.8 Å². The second kappa shape index (κ2) is 2.98. The molecule has 1 aromatic rings. The van der Waals surface area contributed by atoms with E-state index in [9.17, 15) is 4.39 Å². The molecular formula is C7H12FN3. The van der Waals surface area contributed by atoms with Gasteiger partial charge in [-0.25, -0.2) is 4.68 Å². The first-order valence-electron chi connectivity index (χ1n) is 3.75. The van der Waals surface area contributed by atoms with Gasteiger partial charge in [0.2, 0.25) is 0 Å². The lowest BCUT2D eigenvalue weighted by atomic mass is 10.1. The highest BCUT2D eigenvalue weighted by Gasteiger charge is 2.13. The summed E-state index contributed by atoms with van der Waals surface area (Å²) in [4.78, 5) is 0. The van der Waals surface area contributed by atoms with Crippen molar-refractivity contribution in [1.82, 2.24) is 15.0 Å². The van der Waals surface area contributed by atoms with Crippen LogP contribution in [-0.2, 0) is 6.54 Å². The molecule has 1 rings (SSSR count). The smallest absolute Gasteiger partial charge is 0.246 e. The average Bonchev–Trinajstić information content (AvgIpc) is 2.30. The van der Waals surface area contributed by atoms with Crippen molar-refractivity contribution in [2.45, 2.75) is 33.2 Å². The zero-order valence-electron chi connectivity index (χ0n) is 7.00. The monoisotopic (exact) mass is 157 g/mol. The molecule has 0 unspecified atom stereocenters. The number of nitrogens with zero attached hydrogens (tertiary/aromatic N) is 3. The maximum Gasteiger partial charge on any atom is 0.256 e. The van der Waals surface area contributed by atoms with Crippen LogP contribution >= 0.6 is 0 Å². The number of hydrogen-bond donors (Lipinski definition) is 0. The minimum Gasteiger partial charge on any atom is -0.246 e. The molecule has 1 aromatic heterocycles. The van der Waals surface area contributed by atoms with Gasteiger partial charge in [0.1, 0.15) is 0 Å². The lowest BCUT2D eigenvalue weighted by Crippen LogP contribution is -2.05. The number of hydrogen-bond acceptors (Lipinski definition) is 2. The minimum absolute atomic E-state index is 0.143. The van der Waals surface area contributed by atoms with Crippen LogP contribution in [0, 0.1) is 5.95 Å². The first kappa shape index (κ1) is 8.17. The van der Waals surface area contributed by atoms with E-state index in [4.69, 9.17) is 0 Å². The topological polar surface area (TPSA) is 30.7 Å². The summed E-state index contributed by atoms with van der Waals surface area (Å²) in [5, 5.41) is 7.00. The normalized spacial score (nSPS) is 11.0. The molecule has 62 valence electrons. The fraction of sp³-hybridized carbons (Fsp3) is 0.714. The van der Waals surface area contributed by atoms with Gasteiger partial charge in [-0.15, -0.1) is 0 Å². The van der Waals surface area contributed by atoms with Gasteiger partial charge in [0.05, 0.1) is 5.69 Å². The van der Waals surface area contributed by atoms with Crippen LogP contribution in [0.5, 0.6) is 0 Å². The van der Waals surface area contributed by atoms with E-state index in [0.29, 0.717) is 12.2 Å². The van der Waals surface area contributed by atoms with Crippen LogP contribution in [-0.4, -0.2) is 15.0 Å². The van der Waals surface area contributed by atoms with Crippen LogP contribution in [0.3, 0.4) is 0 Å². The Hall–Kier alpha value is -0.930. The molecule has 0 aliphatic carbocycles. The highest BCUT2D eigenvalue weighted by Crippen LogP contribution is 2.15. The summed E-state index contributed by atoms with van der Waals surface area (Å²) < 4.78 is 14.4. The van der Waals surface area contributed by atoms with E-state index < -0.39 is 5.95 Å². The summed E-state index contributed by atoms with van der Waals surface area (Å²) in [6.07, 6.45) is 0. The van der Waals surface area contributed by atoms with Crippen molar-refractivity contribution in [2.24, 2.45) is 0 Å². The maximum atomic E-state index is 12.9. The predicted molar refractivity (Wildman–Crippen MR) is 39.7 cm³/mol. The molecule has 0 aliphatic rings. The second-order valence-electron chi connectivity index (χ2n) is 2.74. The Morgan fingerprint density at radius 2 is 2.18 bits per heavy atom. The first-order chi connectivity index (χ1) is 5.16. The predicted octanol–water partition coefficient (Wildman–Crippen LogP) is 1.56. The summed E-state index contributed by atoms with van der Waals surface area (Å²) >= 11 is 0. The molecule has 0 N–H and O–H groups in total. The Morgan fingerprint density at radius 3 is 2.55 bits per heavy atom. The third-order valence-electron chi connectivity index (χ3n) is 1.58. The van der Waals surface area contributed by atoms with Gasteiger partial charge in [-0.3, -0.25) is 0 Å². The molecule has 0 radical (unpaired) electrons. The Kier molecular flexibility index (Phi) is 2.22. The molecule has 0 spiro atoms. The van der Waals surface area contributed by atoms with E-state index in [-0.39, 0.29) is 5.92 Å². The summed E-state index contributed by atoms with van der Waals surface area (Å²) in [6, 6.07) is 0. The number of rotatable bonds is 2. The van der Waals surface area contributed by atoms with Gasteiger partial charge in [-0.2, -0.15) is 4.39 Å². The molecule has 11 heavy (non-hydrogen) atoms. The molecule has 0 amide bonds. The van der Waals surface area contributed by atoms with Gasteiger partial charge in [0.25, 0.3) is 5.95 Å². The molecule has 0 aromatic carbocycles. The highest BCUT2D eigenvalue weighted by atomic mass is 19.1. The highest BCUT2D eigenvalue weighted by molar-refractivity contribution is 5.02. The molecule has 0 saturated heterocycles. The van der Waals surface area contributed by atoms with E-state index in [2.05, 4.69) is 10.3 Å². The van der Waals surface area contributed by atoms with Gasteiger partial charge in [-0.1, -0.05) is 24.2 Å². The maximum absolute atomic E-state index is 12.9. The molecule has 0 saturated carbocycles. The van der Waals surface area contributed by atoms with Crippen LogP contribution < -0.4 is 0 Å². The lowest BCUT2D eigenvalue weighted by Gasteiger charge is -2.04. The van der Waals surface area contributed by atoms with Crippen molar-refractivity contribution in [1.29, 1.82) is 0 Å². The Labute approximate surface area is 65.2 Å². The van der Waals surface area contributed by atoms with E-state index in [1.165, 1.54) is 0 Å². The van der Waals surface area contributed by atoms with Gasteiger partial charge < -0.3 is 0 Å². The largest absolute Gasteiger partial charge is 0.256 e. The van der Waals surface area contributed by atoms with Gasteiger partial charge in [-0.05, 0) is 12.8 Å². The first-order valence-corrected chi connectivity index (χ1v) is 3.75.